The first-order chi connectivity index (χ1) is 8.84. The van der Waals surface area contributed by atoms with Crippen LogP contribution in [-0.2, 0) is 4.74 Å². The average molecular weight is 241 g/mol. The molecule has 0 spiro atoms. The molecule has 0 aromatic heterocycles. The molecule has 94 valence electrons. The van der Waals surface area contributed by atoms with Crippen molar-refractivity contribution in [2.45, 2.75) is 31.4 Å². The van der Waals surface area contributed by atoms with E-state index in [0.29, 0.717) is 12.7 Å². The summed E-state index contributed by atoms with van der Waals surface area (Å²) in [4.78, 5) is 0. The molecule has 1 fully saturated rings. The summed E-state index contributed by atoms with van der Waals surface area (Å²) in [5, 5.41) is 2.49. The second-order valence-corrected chi connectivity index (χ2v) is 5.06. The summed E-state index contributed by atoms with van der Waals surface area (Å²) in [5.41, 5.74) is 7.45. The minimum Gasteiger partial charge on any atom is -0.376 e. The van der Waals surface area contributed by atoms with Crippen molar-refractivity contribution < 1.29 is 4.74 Å². The van der Waals surface area contributed by atoms with Crippen LogP contribution in [0.2, 0.25) is 0 Å². The normalized spacial score (nSPS) is 17.6. The standard InChI is InChI=1S/C16H19NO/c17-16(11-18-13-7-4-8-13)15-10-3-6-12-5-1-2-9-14(12)15/h1-3,5-6,9-10,13,16H,4,7-8,11,17H2. The maximum absolute atomic E-state index is 6.26. The van der Waals surface area contributed by atoms with Gasteiger partial charge in [0, 0.05) is 0 Å². The van der Waals surface area contributed by atoms with E-state index in [9.17, 15) is 0 Å². The molecular weight excluding hydrogens is 222 g/mol. The molecular formula is C16H19NO. The lowest BCUT2D eigenvalue weighted by Gasteiger charge is -2.27. The first kappa shape index (κ1) is 11.7. The largest absolute Gasteiger partial charge is 0.376 e. The Bertz CT molecular complexity index is 528. The second-order valence-electron chi connectivity index (χ2n) is 5.06. The third kappa shape index (κ3) is 2.26. The number of fused-ring (bicyclic) bond motifs is 1. The van der Waals surface area contributed by atoms with Crippen LogP contribution in [0.4, 0.5) is 0 Å². The molecule has 1 aliphatic rings. The first-order valence-electron chi connectivity index (χ1n) is 6.69. The van der Waals surface area contributed by atoms with Gasteiger partial charge in [0.25, 0.3) is 0 Å². The Morgan fingerprint density at radius 3 is 2.67 bits per heavy atom. The topological polar surface area (TPSA) is 35.2 Å². The predicted octanol–water partition coefficient (Wildman–Crippen LogP) is 3.41. The first-order valence-corrected chi connectivity index (χ1v) is 6.69. The minimum atomic E-state index is -0.0308. The van der Waals surface area contributed by atoms with Crippen molar-refractivity contribution in [1.29, 1.82) is 0 Å². The lowest BCUT2D eigenvalue weighted by atomic mass is 9.96. The van der Waals surface area contributed by atoms with E-state index in [1.54, 1.807) is 0 Å². The van der Waals surface area contributed by atoms with Gasteiger partial charge in [0.05, 0.1) is 18.8 Å². The zero-order valence-electron chi connectivity index (χ0n) is 10.5. The number of rotatable bonds is 4. The molecule has 2 aromatic rings. The maximum Gasteiger partial charge on any atom is 0.0663 e. The summed E-state index contributed by atoms with van der Waals surface area (Å²) >= 11 is 0. The van der Waals surface area contributed by atoms with E-state index in [4.69, 9.17) is 10.5 Å². The van der Waals surface area contributed by atoms with Crippen molar-refractivity contribution >= 4 is 10.8 Å². The zero-order valence-corrected chi connectivity index (χ0v) is 10.5. The second kappa shape index (κ2) is 5.09. The van der Waals surface area contributed by atoms with E-state index in [2.05, 4.69) is 42.5 Å². The monoisotopic (exact) mass is 241 g/mol. The summed E-state index contributed by atoms with van der Waals surface area (Å²) in [5.74, 6) is 0. The van der Waals surface area contributed by atoms with Gasteiger partial charge < -0.3 is 10.5 Å². The molecule has 2 aromatic carbocycles. The Morgan fingerprint density at radius 1 is 1.11 bits per heavy atom. The highest BCUT2D eigenvalue weighted by molar-refractivity contribution is 5.86. The van der Waals surface area contributed by atoms with Crippen LogP contribution in [0.5, 0.6) is 0 Å². The van der Waals surface area contributed by atoms with Crippen LogP contribution in [0.25, 0.3) is 10.8 Å². The summed E-state index contributed by atoms with van der Waals surface area (Å²) in [6.07, 6.45) is 4.14. The fourth-order valence-electron chi connectivity index (χ4n) is 2.44. The molecule has 2 heteroatoms. The highest BCUT2D eigenvalue weighted by atomic mass is 16.5. The predicted molar refractivity (Wildman–Crippen MR) is 74.5 cm³/mol. The number of hydrogen-bond donors (Lipinski definition) is 1. The van der Waals surface area contributed by atoms with Crippen molar-refractivity contribution in [2.24, 2.45) is 5.73 Å². The highest BCUT2D eigenvalue weighted by Gasteiger charge is 2.19. The van der Waals surface area contributed by atoms with Gasteiger partial charge in [-0.2, -0.15) is 0 Å². The summed E-state index contributed by atoms with van der Waals surface area (Å²) in [6.45, 7) is 0.624. The van der Waals surface area contributed by atoms with Crippen LogP contribution >= 0.6 is 0 Å². The van der Waals surface area contributed by atoms with E-state index in [0.717, 1.165) is 0 Å². The molecule has 18 heavy (non-hydrogen) atoms. The molecule has 0 amide bonds. The van der Waals surface area contributed by atoms with Gasteiger partial charge in [0.15, 0.2) is 0 Å². The Balaban J connectivity index is 1.79. The fraction of sp³-hybridized carbons (Fsp3) is 0.375. The van der Waals surface area contributed by atoms with E-state index >= 15 is 0 Å². The van der Waals surface area contributed by atoms with Crippen LogP contribution in [0.1, 0.15) is 30.9 Å². The molecule has 1 aliphatic carbocycles. The van der Waals surface area contributed by atoms with E-state index in [1.807, 2.05) is 0 Å². The van der Waals surface area contributed by atoms with Crippen LogP contribution in [0, 0.1) is 0 Å². The van der Waals surface area contributed by atoms with Crippen molar-refractivity contribution in [3.05, 3.63) is 48.0 Å². The third-order valence-electron chi connectivity index (χ3n) is 3.79. The summed E-state index contributed by atoms with van der Waals surface area (Å²) in [6, 6.07) is 14.6. The van der Waals surface area contributed by atoms with Crippen LogP contribution < -0.4 is 5.73 Å². The zero-order chi connectivity index (χ0) is 12.4. The molecule has 3 rings (SSSR count). The van der Waals surface area contributed by atoms with Crippen molar-refractivity contribution in [1.82, 2.24) is 0 Å². The number of hydrogen-bond acceptors (Lipinski definition) is 2. The van der Waals surface area contributed by atoms with Crippen molar-refractivity contribution in [3.63, 3.8) is 0 Å². The average Bonchev–Trinajstić information content (AvgIpc) is 2.36. The molecule has 2 nitrogen and oxygen atoms in total. The van der Waals surface area contributed by atoms with Gasteiger partial charge in [-0.15, -0.1) is 0 Å². The van der Waals surface area contributed by atoms with Crippen LogP contribution in [0.3, 0.4) is 0 Å². The van der Waals surface area contributed by atoms with Gasteiger partial charge >= 0.3 is 0 Å². The molecule has 1 atom stereocenters. The number of benzene rings is 2. The molecule has 2 N–H and O–H groups in total. The van der Waals surface area contributed by atoms with E-state index in [-0.39, 0.29) is 6.04 Å². The lowest BCUT2D eigenvalue weighted by Crippen LogP contribution is -2.26. The van der Waals surface area contributed by atoms with Gasteiger partial charge in [-0.1, -0.05) is 42.5 Å². The molecule has 0 bridgehead atoms. The molecule has 0 radical (unpaired) electrons. The summed E-state index contributed by atoms with van der Waals surface area (Å²) in [7, 11) is 0. The Kier molecular flexibility index (Phi) is 3.31. The van der Waals surface area contributed by atoms with Gasteiger partial charge in [0.1, 0.15) is 0 Å². The van der Waals surface area contributed by atoms with Crippen LogP contribution in [0.15, 0.2) is 42.5 Å². The Hall–Kier alpha value is -1.38. The quantitative estimate of drug-likeness (QED) is 0.890. The van der Waals surface area contributed by atoms with Gasteiger partial charge in [0.2, 0.25) is 0 Å². The molecule has 0 aliphatic heterocycles. The third-order valence-corrected chi connectivity index (χ3v) is 3.79. The van der Waals surface area contributed by atoms with Crippen molar-refractivity contribution in [3.8, 4) is 0 Å². The molecule has 0 heterocycles. The molecule has 1 unspecified atom stereocenters. The van der Waals surface area contributed by atoms with Gasteiger partial charge in [-0.3, -0.25) is 0 Å². The highest BCUT2D eigenvalue weighted by Crippen LogP contribution is 2.26. The number of ether oxygens (including phenoxy) is 1. The van der Waals surface area contributed by atoms with Gasteiger partial charge in [-0.05, 0) is 35.6 Å². The Labute approximate surface area is 108 Å². The maximum atomic E-state index is 6.26. The van der Waals surface area contributed by atoms with Gasteiger partial charge in [-0.25, -0.2) is 0 Å². The summed E-state index contributed by atoms with van der Waals surface area (Å²) < 4.78 is 5.82. The Morgan fingerprint density at radius 2 is 1.89 bits per heavy atom. The van der Waals surface area contributed by atoms with Crippen molar-refractivity contribution in [2.75, 3.05) is 6.61 Å². The minimum absolute atomic E-state index is 0.0308. The lowest BCUT2D eigenvalue weighted by molar-refractivity contribution is -0.00431. The van der Waals surface area contributed by atoms with E-state index in [1.165, 1.54) is 35.6 Å². The smallest absolute Gasteiger partial charge is 0.0663 e. The molecule has 0 saturated heterocycles. The molecule has 1 saturated carbocycles. The SMILES string of the molecule is NC(COC1CCC1)c1cccc2ccccc12. The fourth-order valence-corrected chi connectivity index (χ4v) is 2.44. The van der Waals surface area contributed by atoms with E-state index < -0.39 is 0 Å². The number of nitrogens with two attached hydrogens (primary N) is 1. The van der Waals surface area contributed by atoms with Crippen LogP contribution in [-0.4, -0.2) is 12.7 Å².